The summed E-state index contributed by atoms with van der Waals surface area (Å²) in [4.78, 5) is 12.2. The van der Waals surface area contributed by atoms with Crippen molar-refractivity contribution >= 4 is 5.78 Å². The van der Waals surface area contributed by atoms with Crippen molar-refractivity contribution in [1.82, 2.24) is 0 Å². The van der Waals surface area contributed by atoms with Crippen LogP contribution >= 0.6 is 0 Å². The molecule has 2 atom stereocenters. The maximum Gasteiger partial charge on any atom is 0.136 e. The van der Waals surface area contributed by atoms with Crippen molar-refractivity contribution in [3.63, 3.8) is 0 Å². The fraction of sp³-hybridized carbons (Fsp3) is 0.316. The minimum Gasteiger partial charge on any atom is -0.508 e. The lowest BCUT2D eigenvalue weighted by atomic mass is 9.75. The van der Waals surface area contributed by atoms with Crippen LogP contribution in [0.3, 0.4) is 0 Å². The zero-order chi connectivity index (χ0) is 14.7. The lowest BCUT2D eigenvalue weighted by Crippen LogP contribution is -2.25. The molecule has 2 aromatic carbocycles. The van der Waals surface area contributed by atoms with Gasteiger partial charge in [0.1, 0.15) is 11.5 Å². The molecular formula is C19H20O2. The van der Waals surface area contributed by atoms with Gasteiger partial charge >= 0.3 is 0 Å². The zero-order valence-electron chi connectivity index (χ0n) is 12.0. The summed E-state index contributed by atoms with van der Waals surface area (Å²) >= 11 is 0. The van der Waals surface area contributed by atoms with Crippen LogP contribution in [-0.2, 0) is 11.2 Å². The first-order chi connectivity index (χ1) is 10.2. The van der Waals surface area contributed by atoms with Gasteiger partial charge in [0.2, 0.25) is 0 Å². The molecule has 1 N–H and O–H groups in total. The predicted molar refractivity (Wildman–Crippen MR) is 83.3 cm³/mol. The van der Waals surface area contributed by atoms with Crippen molar-refractivity contribution in [3.05, 3.63) is 65.7 Å². The standard InChI is InChI=1S/C19H20O2/c20-18-8-4-5-14(12-18)11-17-13-16(9-10-19(17)21)15-6-2-1-3-7-15/h1-8,12,16-17,20H,9-11,13H2. The number of rotatable bonds is 3. The Hall–Kier alpha value is -2.09. The van der Waals surface area contributed by atoms with E-state index in [1.807, 2.05) is 18.2 Å². The number of ketones is 1. The minimum atomic E-state index is 0.0748. The van der Waals surface area contributed by atoms with E-state index in [-0.39, 0.29) is 11.7 Å². The fourth-order valence-corrected chi connectivity index (χ4v) is 3.31. The van der Waals surface area contributed by atoms with Gasteiger partial charge in [-0.3, -0.25) is 4.79 Å². The fourth-order valence-electron chi connectivity index (χ4n) is 3.31. The molecule has 1 aliphatic carbocycles. The van der Waals surface area contributed by atoms with Gasteiger partial charge in [-0.05, 0) is 48.4 Å². The third-order valence-electron chi connectivity index (χ3n) is 4.43. The number of benzene rings is 2. The Labute approximate surface area is 125 Å². The quantitative estimate of drug-likeness (QED) is 0.919. The third kappa shape index (κ3) is 3.33. The highest BCUT2D eigenvalue weighted by atomic mass is 16.3. The third-order valence-corrected chi connectivity index (χ3v) is 4.43. The number of hydrogen-bond donors (Lipinski definition) is 1. The van der Waals surface area contributed by atoms with Crippen molar-refractivity contribution in [2.24, 2.45) is 5.92 Å². The van der Waals surface area contributed by atoms with Crippen molar-refractivity contribution in [2.75, 3.05) is 0 Å². The van der Waals surface area contributed by atoms with Gasteiger partial charge in [-0.2, -0.15) is 0 Å². The van der Waals surface area contributed by atoms with Crippen LogP contribution in [0.2, 0.25) is 0 Å². The van der Waals surface area contributed by atoms with E-state index in [2.05, 4.69) is 24.3 Å². The van der Waals surface area contributed by atoms with Gasteiger partial charge in [-0.1, -0.05) is 42.5 Å². The summed E-state index contributed by atoms with van der Waals surface area (Å²) in [6.07, 6.45) is 3.28. The number of phenolic OH excluding ortho intramolecular Hbond substituents is 1. The first kappa shape index (κ1) is 13.9. The molecule has 108 valence electrons. The molecular weight excluding hydrogens is 260 g/mol. The summed E-state index contributed by atoms with van der Waals surface area (Å²) in [6, 6.07) is 17.7. The van der Waals surface area contributed by atoms with Crippen molar-refractivity contribution in [2.45, 2.75) is 31.6 Å². The van der Waals surface area contributed by atoms with Gasteiger partial charge in [-0.15, -0.1) is 0 Å². The summed E-state index contributed by atoms with van der Waals surface area (Å²) in [5.41, 5.74) is 2.38. The van der Waals surface area contributed by atoms with E-state index in [0.717, 1.165) is 24.8 Å². The molecule has 2 unspecified atom stereocenters. The normalized spacial score (nSPS) is 22.2. The summed E-state index contributed by atoms with van der Waals surface area (Å²) < 4.78 is 0. The average molecular weight is 280 g/mol. The lowest BCUT2D eigenvalue weighted by molar-refractivity contribution is -0.124. The van der Waals surface area contributed by atoms with E-state index in [9.17, 15) is 9.90 Å². The van der Waals surface area contributed by atoms with E-state index < -0.39 is 0 Å². The molecule has 0 radical (unpaired) electrons. The second kappa shape index (κ2) is 6.13. The van der Waals surface area contributed by atoms with Crippen LogP contribution in [0, 0.1) is 5.92 Å². The molecule has 0 aliphatic heterocycles. The molecule has 1 fully saturated rings. The number of carbonyl (C=O) groups is 1. The van der Waals surface area contributed by atoms with E-state index in [1.165, 1.54) is 5.56 Å². The number of carbonyl (C=O) groups excluding carboxylic acids is 1. The van der Waals surface area contributed by atoms with Gasteiger partial charge in [0.25, 0.3) is 0 Å². The highest BCUT2D eigenvalue weighted by molar-refractivity contribution is 5.82. The van der Waals surface area contributed by atoms with Crippen molar-refractivity contribution in [1.29, 1.82) is 0 Å². The van der Waals surface area contributed by atoms with Crippen molar-refractivity contribution < 1.29 is 9.90 Å². The summed E-state index contributed by atoms with van der Waals surface area (Å²) in [5, 5.41) is 9.55. The Bertz CT molecular complexity index is 618. The second-order valence-corrected chi connectivity index (χ2v) is 5.92. The van der Waals surface area contributed by atoms with Crippen LogP contribution in [0.5, 0.6) is 5.75 Å². The number of hydrogen-bond acceptors (Lipinski definition) is 2. The molecule has 0 amide bonds. The first-order valence-electron chi connectivity index (χ1n) is 7.58. The zero-order valence-corrected chi connectivity index (χ0v) is 12.0. The Morgan fingerprint density at radius 3 is 2.62 bits per heavy atom. The maximum atomic E-state index is 12.2. The van der Waals surface area contributed by atoms with Gasteiger partial charge in [0.15, 0.2) is 0 Å². The molecule has 0 bridgehead atoms. The smallest absolute Gasteiger partial charge is 0.136 e. The van der Waals surface area contributed by atoms with Crippen LogP contribution in [0.15, 0.2) is 54.6 Å². The molecule has 1 saturated carbocycles. The Balaban J connectivity index is 1.73. The SMILES string of the molecule is O=C1CCC(c2ccccc2)CC1Cc1cccc(O)c1. The largest absolute Gasteiger partial charge is 0.508 e. The van der Waals surface area contributed by atoms with E-state index in [1.54, 1.807) is 12.1 Å². The maximum absolute atomic E-state index is 12.2. The molecule has 2 nitrogen and oxygen atoms in total. The molecule has 1 aliphatic rings. The summed E-state index contributed by atoms with van der Waals surface area (Å²) in [5.74, 6) is 1.19. The predicted octanol–water partition coefficient (Wildman–Crippen LogP) is 4.09. The Kier molecular flexibility index (Phi) is 4.05. The number of aromatic hydroxyl groups is 1. The molecule has 21 heavy (non-hydrogen) atoms. The molecule has 3 rings (SSSR count). The Morgan fingerprint density at radius 1 is 1.05 bits per heavy atom. The van der Waals surface area contributed by atoms with Crippen LogP contribution < -0.4 is 0 Å². The molecule has 2 heteroatoms. The lowest BCUT2D eigenvalue weighted by Gasteiger charge is -2.28. The molecule has 0 heterocycles. The summed E-state index contributed by atoms with van der Waals surface area (Å²) in [7, 11) is 0. The molecule has 0 saturated heterocycles. The van der Waals surface area contributed by atoms with E-state index in [0.29, 0.717) is 18.1 Å². The summed E-state index contributed by atoms with van der Waals surface area (Å²) in [6.45, 7) is 0. The number of Topliss-reactive ketones (excluding diaryl/α,β-unsaturated/α-hetero) is 1. The van der Waals surface area contributed by atoms with Gasteiger partial charge in [0, 0.05) is 12.3 Å². The van der Waals surface area contributed by atoms with Gasteiger partial charge in [0.05, 0.1) is 0 Å². The highest BCUT2D eigenvalue weighted by Gasteiger charge is 2.29. The van der Waals surface area contributed by atoms with Crippen molar-refractivity contribution in [3.8, 4) is 5.75 Å². The van der Waals surface area contributed by atoms with Gasteiger partial charge in [-0.25, -0.2) is 0 Å². The Morgan fingerprint density at radius 2 is 1.86 bits per heavy atom. The van der Waals surface area contributed by atoms with Gasteiger partial charge < -0.3 is 5.11 Å². The van der Waals surface area contributed by atoms with Crippen LogP contribution in [-0.4, -0.2) is 10.9 Å². The van der Waals surface area contributed by atoms with Crippen LogP contribution in [0.25, 0.3) is 0 Å². The average Bonchev–Trinajstić information content (AvgIpc) is 2.50. The topological polar surface area (TPSA) is 37.3 Å². The highest BCUT2D eigenvalue weighted by Crippen LogP contribution is 2.36. The first-order valence-corrected chi connectivity index (χ1v) is 7.58. The molecule has 2 aromatic rings. The van der Waals surface area contributed by atoms with Crippen LogP contribution in [0.1, 0.15) is 36.3 Å². The molecule has 0 aromatic heterocycles. The molecule has 0 spiro atoms. The van der Waals surface area contributed by atoms with E-state index >= 15 is 0 Å². The van der Waals surface area contributed by atoms with E-state index in [4.69, 9.17) is 0 Å². The second-order valence-electron chi connectivity index (χ2n) is 5.92. The minimum absolute atomic E-state index is 0.0748. The number of phenols is 1. The monoisotopic (exact) mass is 280 g/mol. The van der Waals surface area contributed by atoms with Crippen LogP contribution in [0.4, 0.5) is 0 Å².